The minimum atomic E-state index is -0.592. The molecular weight excluding hydrogens is 214 g/mol. The summed E-state index contributed by atoms with van der Waals surface area (Å²) in [6.45, 7) is 1.41. The lowest BCUT2D eigenvalue weighted by Gasteiger charge is -2.03. The highest BCUT2D eigenvalue weighted by Crippen LogP contribution is 2.24. The Hall–Kier alpha value is -0.600. The number of ketones is 1. The summed E-state index contributed by atoms with van der Waals surface area (Å²) in [4.78, 5) is 10.8. The van der Waals surface area contributed by atoms with Crippen molar-refractivity contribution in [3.05, 3.63) is 33.6 Å². The van der Waals surface area contributed by atoms with E-state index in [0.717, 1.165) is 6.07 Å². The van der Waals surface area contributed by atoms with Crippen LogP contribution in [0.25, 0.3) is 0 Å². The molecule has 0 saturated heterocycles. The Bertz CT molecular complexity index is 350. The molecule has 0 aliphatic heterocycles. The summed E-state index contributed by atoms with van der Waals surface area (Å²) in [6.07, 6.45) is 0.107. The van der Waals surface area contributed by atoms with E-state index < -0.39 is 5.82 Å². The van der Waals surface area contributed by atoms with E-state index in [1.54, 1.807) is 0 Å². The van der Waals surface area contributed by atoms with Crippen LogP contribution in [0.3, 0.4) is 0 Å². The number of benzene rings is 1. The van der Waals surface area contributed by atoms with E-state index in [1.165, 1.54) is 13.0 Å². The predicted octanol–water partition coefficient (Wildman–Crippen LogP) is 3.26. The van der Waals surface area contributed by atoms with E-state index in [9.17, 15) is 9.18 Å². The van der Waals surface area contributed by atoms with Crippen molar-refractivity contribution in [3.63, 3.8) is 0 Å². The Morgan fingerprint density at radius 2 is 2.08 bits per heavy atom. The van der Waals surface area contributed by atoms with Gasteiger partial charge in [0.05, 0.1) is 5.02 Å². The monoisotopic (exact) mass is 220 g/mol. The minimum Gasteiger partial charge on any atom is -0.300 e. The molecule has 0 heterocycles. The van der Waals surface area contributed by atoms with Gasteiger partial charge in [-0.05, 0) is 24.6 Å². The fourth-order valence-electron chi connectivity index (χ4n) is 1.01. The van der Waals surface area contributed by atoms with Crippen LogP contribution in [0.1, 0.15) is 12.5 Å². The first-order valence-corrected chi connectivity index (χ1v) is 4.39. The first-order chi connectivity index (χ1) is 6.00. The van der Waals surface area contributed by atoms with Crippen LogP contribution in [0.5, 0.6) is 0 Å². The second kappa shape index (κ2) is 4.07. The molecule has 0 N–H and O–H groups in total. The minimum absolute atomic E-state index is 0.0281. The molecule has 4 heteroatoms. The first kappa shape index (κ1) is 10.5. The smallest absolute Gasteiger partial charge is 0.143 e. The molecule has 0 radical (unpaired) electrons. The zero-order valence-electron chi connectivity index (χ0n) is 6.90. The largest absolute Gasteiger partial charge is 0.300 e. The average Bonchev–Trinajstić information content (AvgIpc) is 1.98. The second-order valence-electron chi connectivity index (χ2n) is 2.74. The fourth-order valence-corrected chi connectivity index (χ4v) is 1.41. The van der Waals surface area contributed by atoms with Gasteiger partial charge < -0.3 is 0 Å². The van der Waals surface area contributed by atoms with Crippen LogP contribution in [0.15, 0.2) is 12.1 Å². The molecule has 0 fully saturated rings. The third-order valence-electron chi connectivity index (χ3n) is 1.51. The van der Waals surface area contributed by atoms with E-state index >= 15 is 0 Å². The van der Waals surface area contributed by atoms with E-state index in [-0.39, 0.29) is 22.2 Å². The van der Waals surface area contributed by atoms with E-state index in [1.807, 2.05) is 0 Å². The van der Waals surface area contributed by atoms with E-state index in [2.05, 4.69) is 0 Å². The fraction of sp³-hybridized carbons (Fsp3) is 0.222. The van der Waals surface area contributed by atoms with Gasteiger partial charge in [-0.2, -0.15) is 0 Å². The molecule has 1 aromatic rings. The summed E-state index contributed by atoms with van der Waals surface area (Å²) >= 11 is 11.2. The van der Waals surface area contributed by atoms with Crippen molar-refractivity contribution in [2.45, 2.75) is 13.3 Å². The SMILES string of the molecule is CC(=O)Cc1cc(Cl)cc(F)c1Cl. The van der Waals surface area contributed by atoms with Gasteiger partial charge in [0, 0.05) is 11.4 Å². The Balaban J connectivity index is 3.12. The lowest BCUT2D eigenvalue weighted by atomic mass is 10.1. The van der Waals surface area contributed by atoms with Crippen molar-refractivity contribution in [1.29, 1.82) is 0 Å². The van der Waals surface area contributed by atoms with Crippen LogP contribution >= 0.6 is 23.2 Å². The van der Waals surface area contributed by atoms with Crippen LogP contribution in [0.4, 0.5) is 4.39 Å². The molecule has 0 spiro atoms. The molecule has 0 unspecified atom stereocenters. The van der Waals surface area contributed by atoms with Crippen molar-refractivity contribution in [2.24, 2.45) is 0 Å². The van der Waals surface area contributed by atoms with Crippen molar-refractivity contribution in [3.8, 4) is 0 Å². The van der Waals surface area contributed by atoms with Crippen LogP contribution in [0.2, 0.25) is 10.0 Å². The summed E-state index contributed by atoms with van der Waals surface area (Å²) in [5, 5.41) is 0.220. The zero-order valence-corrected chi connectivity index (χ0v) is 8.42. The number of Topliss-reactive ketones (excluding diaryl/α,β-unsaturated/α-hetero) is 1. The molecule has 70 valence electrons. The maximum Gasteiger partial charge on any atom is 0.143 e. The van der Waals surface area contributed by atoms with Crippen molar-refractivity contribution >= 4 is 29.0 Å². The van der Waals surface area contributed by atoms with Crippen molar-refractivity contribution < 1.29 is 9.18 Å². The molecule has 13 heavy (non-hydrogen) atoms. The standard InChI is InChI=1S/C9H7Cl2FO/c1-5(13)2-6-3-7(10)4-8(12)9(6)11/h3-4H,2H2,1H3. The lowest BCUT2D eigenvalue weighted by molar-refractivity contribution is -0.116. The third-order valence-corrected chi connectivity index (χ3v) is 2.15. The van der Waals surface area contributed by atoms with Gasteiger partial charge in [-0.1, -0.05) is 23.2 Å². The Morgan fingerprint density at radius 1 is 1.46 bits per heavy atom. The maximum absolute atomic E-state index is 13.0. The van der Waals surface area contributed by atoms with Crippen LogP contribution in [0, 0.1) is 5.82 Å². The number of halogens is 3. The molecule has 0 saturated carbocycles. The highest BCUT2D eigenvalue weighted by Gasteiger charge is 2.09. The maximum atomic E-state index is 13.0. The van der Waals surface area contributed by atoms with Gasteiger partial charge in [0.2, 0.25) is 0 Å². The summed E-state index contributed by atoms with van der Waals surface area (Å²) in [7, 11) is 0. The summed E-state index contributed by atoms with van der Waals surface area (Å²) in [6, 6.07) is 2.61. The van der Waals surface area contributed by atoms with Gasteiger partial charge in [0.1, 0.15) is 11.6 Å². The quantitative estimate of drug-likeness (QED) is 0.700. The highest BCUT2D eigenvalue weighted by molar-refractivity contribution is 6.33. The van der Waals surface area contributed by atoms with Gasteiger partial charge in [0.25, 0.3) is 0 Å². The van der Waals surface area contributed by atoms with E-state index in [0.29, 0.717) is 5.56 Å². The van der Waals surface area contributed by atoms with Crippen molar-refractivity contribution in [2.75, 3.05) is 0 Å². The number of rotatable bonds is 2. The number of hydrogen-bond acceptors (Lipinski definition) is 1. The predicted molar refractivity (Wildman–Crippen MR) is 50.8 cm³/mol. The zero-order chi connectivity index (χ0) is 10.0. The van der Waals surface area contributed by atoms with Gasteiger partial charge in [-0.25, -0.2) is 4.39 Å². The number of hydrogen-bond donors (Lipinski definition) is 0. The topological polar surface area (TPSA) is 17.1 Å². The average molecular weight is 221 g/mol. The molecule has 0 aliphatic rings. The molecule has 0 bridgehead atoms. The molecule has 0 amide bonds. The van der Waals surface area contributed by atoms with Crippen LogP contribution in [-0.2, 0) is 11.2 Å². The molecule has 0 atom stereocenters. The van der Waals surface area contributed by atoms with Gasteiger partial charge in [-0.3, -0.25) is 4.79 Å². The molecule has 1 aromatic carbocycles. The van der Waals surface area contributed by atoms with Gasteiger partial charge in [0.15, 0.2) is 0 Å². The Labute approximate surface area is 85.5 Å². The van der Waals surface area contributed by atoms with E-state index in [4.69, 9.17) is 23.2 Å². The second-order valence-corrected chi connectivity index (χ2v) is 3.55. The number of carbonyl (C=O) groups is 1. The molecule has 0 aliphatic carbocycles. The molecule has 1 rings (SSSR count). The lowest BCUT2D eigenvalue weighted by Crippen LogP contribution is -1.98. The van der Waals surface area contributed by atoms with Crippen LogP contribution < -0.4 is 0 Å². The van der Waals surface area contributed by atoms with Gasteiger partial charge in [-0.15, -0.1) is 0 Å². The molecule has 0 aromatic heterocycles. The molecule has 1 nitrogen and oxygen atoms in total. The van der Waals surface area contributed by atoms with Crippen molar-refractivity contribution in [1.82, 2.24) is 0 Å². The molecular formula is C9H7Cl2FO. The summed E-state index contributed by atoms with van der Waals surface area (Å²) in [5.41, 5.74) is 0.430. The van der Waals surface area contributed by atoms with Gasteiger partial charge >= 0.3 is 0 Å². The highest BCUT2D eigenvalue weighted by atomic mass is 35.5. The Kier molecular flexibility index (Phi) is 3.28. The third kappa shape index (κ3) is 2.68. The van der Waals surface area contributed by atoms with Crippen LogP contribution in [-0.4, -0.2) is 5.78 Å². The Morgan fingerprint density at radius 3 is 2.62 bits per heavy atom. The normalized spacial score (nSPS) is 10.2. The number of carbonyl (C=O) groups excluding carboxylic acids is 1. The summed E-state index contributed by atoms with van der Waals surface area (Å²) in [5.74, 6) is -0.672. The first-order valence-electron chi connectivity index (χ1n) is 3.63. The summed E-state index contributed by atoms with van der Waals surface area (Å²) < 4.78 is 13.0.